The van der Waals surface area contributed by atoms with Gasteiger partial charge in [-0.25, -0.2) is 0 Å². The average molecular weight is 608 g/mol. The Morgan fingerprint density at radius 1 is 0.558 bits per heavy atom. The lowest BCUT2D eigenvalue weighted by atomic mass is 10.0. The standard InChI is InChI=1S/C38H73NO4/c1-3-5-7-9-11-13-15-17-19-21-22-24-26-28-30-32-36(41)35(34-40)39-38(43)37(42)33-31-29-27-25-23-20-18-16-14-12-10-8-6-4-2/h22,24,30,32,35-37,40-42H,3-21,23,25-29,31,33-34H2,1-2H3,(H,39,43)/b24-22+,32-30+. The molecule has 0 aliphatic carbocycles. The fourth-order valence-electron chi connectivity index (χ4n) is 5.55. The molecule has 3 unspecified atom stereocenters. The molecule has 0 aromatic carbocycles. The van der Waals surface area contributed by atoms with E-state index in [0.29, 0.717) is 6.42 Å². The summed E-state index contributed by atoms with van der Waals surface area (Å²) in [5.74, 6) is -0.513. The Bertz CT molecular complexity index is 635. The lowest BCUT2D eigenvalue weighted by Crippen LogP contribution is -2.48. The molecule has 0 radical (unpaired) electrons. The van der Waals surface area contributed by atoms with E-state index in [0.717, 1.165) is 38.5 Å². The first kappa shape index (κ1) is 41.8. The summed E-state index contributed by atoms with van der Waals surface area (Å²) in [5.41, 5.74) is 0. The van der Waals surface area contributed by atoms with Crippen molar-refractivity contribution in [2.24, 2.45) is 0 Å². The van der Waals surface area contributed by atoms with E-state index < -0.39 is 24.2 Å². The normalized spacial score (nSPS) is 14.1. The molecule has 5 heteroatoms. The van der Waals surface area contributed by atoms with Crippen LogP contribution < -0.4 is 5.32 Å². The van der Waals surface area contributed by atoms with E-state index in [1.54, 1.807) is 6.08 Å². The minimum Gasteiger partial charge on any atom is -0.394 e. The first-order valence-corrected chi connectivity index (χ1v) is 18.7. The van der Waals surface area contributed by atoms with Crippen molar-refractivity contribution in [3.05, 3.63) is 24.3 Å². The number of unbranched alkanes of at least 4 members (excludes halogenated alkanes) is 23. The molecule has 1 amide bonds. The zero-order valence-electron chi connectivity index (χ0n) is 28.6. The molecule has 0 aromatic heterocycles. The summed E-state index contributed by atoms with van der Waals surface area (Å²) in [6.45, 7) is 4.15. The van der Waals surface area contributed by atoms with Crippen molar-refractivity contribution >= 4 is 5.91 Å². The molecule has 0 aliphatic heterocycles. The summed E-state index contributed by atoms with van der Waals surface area (Å²) in [6.07, 6.45) is 39.0. The Morgan fingerprint density at radius 3 is 1.42 bits per heavy atom. The summed E-state index contributed by atoms with van der Waals surface area (Å²) >= 11 is 0. The molecular weight excluding hydrogens is 534 g/mol. The number of hydrogen-bond donors (Lipinski definition) is 4. The van der Waals surface area contributed by atoms with E-state index in [2.05, 4.69) is 31.3 Å². The molecule has 0 saturated carbocycles. The van der Waals surface area contributed by atoms with Crippen LogP contribution in [0, 0.1) is 0 Å². The molecule has 3 atom stereocenters. The predicted octanol–water partition coefficient (Wildman–Crippen LogP) is 9.87. The molecule has 5 nitrogen and oxygen atoms in total. The largest absolute Gasteiger partial charge is 0.394 e. The maximum Gasteiger partial charge on any atom is 0.249 e. The number of aliphatic hydroxyl groups excluding tert-OH is 3. The fraction of sp³-hybridized carbons (Fsp3) is 0.868. The number of nitrogens with one attached hydrogen (secondary N) is 1. The highest BCUT2D eigenvalue weighted by Gasteiger charge is 2.22. The van der Waals surface area contributed by atoms with E-state index >= 15 is 0 Å². The maximum atomic E-state index is 12.4. The minimum absolute atomic E-state index is 0.374. The molecule has 43 heavy (non-hydrogen) atoms. The molecule has 0 aliphatic rings. The summed E-state index contributed by atoms with van der Waals surface area (Å²) in [5, 5.41) is 32.9. The van der Waals surface area contributed by atoms with Crippen LogP contribution in [0.2, 0.25) is 0 Å². The second-order valence-corrected chi connectivity index (χ2v) is 12.8. The number of amides is 1. The summed E-state index contributed by atoms with van der Waals surface area (Å²) in [6, 6.07) is -0.808. The fourth-order valence-corrected chi connectivity index (χ4v) is 5.55. The maximum absolute atomic E-state index is 12.4. The third-order valence-electron chi connectivity index (χ3n) is 8.54. The van der Waals surface area contributed by atoms with Gasteiger partial charge in [0.05, 0.1) is 18.8 Å². The van der Waals surface area contributed by atoms with Gasteiger partial charge >= 0.3 is 0 Å². The van der Waals surface area contributed by atoms with Crippen LogP contribution in [0.5, 0.6) is 0 Å². The average Bonchev–Trinajstić information content (AvgIpc) is 3.01. The predicted molar refractivity (Wildman–Crippen MR) is 185 cm³/mol. The van der Waals surface area contributed by atoms with Crippen molar-refractivity contribution in [3.63, 3.8) is 0 Å². The quantitative estimate of drug-likeness (QED) is 0.0441. The van der Waals surface area contributed by atoms with Crippen LogP contribution in [0.4, 0.5) is 0 Å². The van der Waals surface area contributed by atoms with Crippen molar-refractivity contribution in [3.8, 4) is 0 Å². The van der Waals surface area contributed by atoms with Crippen LogP contribution in [0.25, 0.3) is 0 Å². The zero-order chi connectivity index (χ0) is 31.6. The third-order valence-corrected chi connectivity index (χ3v) is 8.54. The second-order valence-electron chi connectivity index (χ2n) is 12.8. The van der Waals surface area contributed by atoms with Gasteiger partial charge in [-0.15, -0.1) is 0 Å². The van der Waals surface area contributed by atoms with Gasteiger partial charge in [0.2, 0.25) is 5.91 Å². The smallest absolute Gasteiger partial charge is 0.249 e. The topological polar surface area (TPSA) is 89.8 Å². The minimum atomic E-state index is -1.10. The Labute approximate surface area is 267 Å². The summed E-state index contributed by atoms with van der Waals surface area (Å²) < 4.78 is 0. The lowest BCUT2D eigenvalue weighted by molar-refractivity contribution is -0.131. The highest BCUT2D eigenvalue weighted by Crippen LogP contribution is 2.14. The van der Waals surface area contributed by atoms with Crippen LogP contribution in [-0.2, 0) is 4.79 Å². The molecule has 0 saturated heterocycles. The van der Waals surface area contributed by atoms with Crippen LogP contribution >= 0.6 is 0 Å². The van der Waals surface area contributed by atoms with E-state index in [1.807, 2.05) is 6.08 Å². The highest BCUT2D eigenvalue weighted by molar-refractivity contribution is 5.80. The molecule has 0 bridgehead atoms. The van der Waals surface area contributed by atoms with Crippen LogP contribution in [0.1, 0.15) is 187 Å². The lowest BCUT2D eigenvalue weighted by Gasteiger charge is -2.21. The van der Waals surface area contributed by atoms with Crippen LogP contribution in [0.3, 0.4) is 0 Å². The molecule has 4 N–H and O–H groups in total. The Kier molecular flexibility index (Phi) is 32.8. The zero-order valence-corrected chi connectivity index (χ0v) is 28.6. The number of hydrogen-bond acceptors (Lipinski definition) is 4. The third kappa shape index (κ3) is 29.3. The van der Waals surface area contributed by atoms with Gasteiger partial charge in [0.15, 0.2) is 0 Å². The number of rotatable bonds is 33. The van der Waals surface area contributed by atoms with Crippen LogP contribution in [-0.4, -0.2) is 46.1 Å². The Morgan fingerprint density at radius 2 is 0.953 bits per heavy atom. The van der Waals surface area contributed by atoms with Crippen molar-refractivity contribution in [1.82, 2.24) is 5.32 Å². The van der Waals surface area contributed by atoms with E-state index in [9.17, 15) is 20.1 Å². The number of allylic oxidation sites excluding steroid dienone is 3. The van der Waals surface area contributed by atoms with Crippen molar-refractivity contribution in [1.29, 1.82) is 0 Å². The molecule has 0 spiro atoms. The molecule has 0 fully saturated rings. The van der Waals surface area contributed by atoms with E-state index in [4.69, 9.17) is 0 Å². The van der Waals surface area contributed by atoms with Gasteiger partial charge in [-0.2, -0.15) is 0 Å². The Hall–Kier alpha value is -1.17. The van der Waals surface area contributed by atoms with Gasteiger partial charge in [0.25, 0.3) is 0 Å². The molecule has 254 valence electrons. The monoisotopic (exact) mass is 608 g/mol. The van der Waals surface area contributed by atoms with Crippen molar-refractivity contribution in [2.45, 2.75) is 205 Å². The van der Waals surface area contributed by atoms with E-state index in [1.165, 1.54) is 128 Å². The molecule has 0 rings (SSSR count). The Balaban J connectivity index is 3.78. The number of aliphatic hydroxyl groups is 3. The summed E-state index contributed by atoms with van der Waals surface area (Å²) in [7, 11) is 0. The summed E-state index contributed by atoms with van der Waals surface area (Å²) in [4.78, 5) is 12.4. The van der Waals surface area contributed by atoms with Gasteiger partial charge in [0.1, 0.15) is 6.10 Å². The van der Waals surface area contributed by atoms with Gasteiger partial charge in [0, 0.05) is 0 Å². The van der Waals surface area contributed by atoms with Gasteiger partial charge in [-0.05, 0) is 32.1 Å². The highest BCUT2D eigenvalue weighted by atomic mass is 16.3. The van der Waals surface area contributed by atoms with Gasteiger partial charge in [-0.3, -0.25) is 4.79 Å². The molecule has 0 aromatic rings. The SMILES string of the molecule is CCCCCCCCCCC/C=C/CC/C=C/C(O)C(CO)NC(=O)C(O)CCCCCCCCCCCCCCCC. The van der Waals surface area contributed by atoms with Crippen LogP contribution in [0.15, 0.2) is 24.3 Å². The molecule has 0 heterocycles. The van der Waals surface area contributed by atoms with Gasteiger partial charge in [-0.1, -0.05) is 179 Å². The first-order chi connectivity index (χ1) is 21.1. The van der Waals surface area contributed by atoms with Gasteiger partial charge < -0.3 is 20.6 Å². The number of carbonyl (C=O) groups excluding carboxylic acids is 1. The van der Waals surface area contributed by atoms with E-state index in [-0.39, 0.29) is 6.61 Å². The van der Waals surface area contributed by atoms with Crippen molar-refractivity contribution < 1.29 is 20.1 Å². The first-order valence-electron chi connectivity index (χ1n) is 18.7. The van der Waals surface area contributed by atoms with Crippen molar-refractivity contribution in [2.75, 3.05) is 6.61 Å². The number of carbonyl (C=O) groups is 1. The molecular formula is C38H73NO4. The second kappa shape index (κ2) is 33.7.